The summed E-state index contributed by atoms with van der Waals surface area (Å²) in [7, 11) is 0. The SMILES string of the molecule is Cc1[nH]c2ccccc2c1Cc1c(OC(=O)CCCC(=O)O)ccc2ccc(=O)oc12. The summed E-state index contributed by atoms with van der Waals surface area (Å²) in [6, 6.07) is 14.3. The van der Waals surface area contributed by atoms with Crippen LogP contribution in [0.2, 0.25) is 0 Å². The van der Waals surface area contributed by atoms with Crippen LogP contribution in [-0.2, 0) is 16.0 Å². The van der Waals surface area contributed by atoms with Crippen molar-refractivity contribution in [3.63, 3.8) is 0 Å². The summed E-state index contributed by atoms with van der Waals surface area (Å²) in [6.07, 6.45) is 0.448. The van der Waals surface area contributed by atoms with Gasteiger partial charge in [-0.15, -0.1) is 0 Å². The van der Waals surface area contributed by atoms with Crippen LogP contribution in [0.1, 0.15) is 36.1 Å². The maximum Gasteiger partial charge on any atom is 0.336 e. The van der Waals surface area contributed by atoms with E-state index in [2.05, 4.69) is 4.98 Å². The fourth-order valence-electron chi connectivity index (χ4n) is 3.73. The third kappa shape index (κ3) is 4.35. The number of carbonyl (C=O) groups is 2. The van der Waals surface area contributed by atoms with Gasteiger partial charge in [0.05, 0.1) is 0 Å². The van der Waals surface area contributed by atoms with E-state index in [1.807, 2.05) is 31.2 Å². The Hall–Kier alpha value is -3.87. The van der Waals surface area contributed by atoms with Crippen molar-refractivity contribution in [2.75, 3.05) is 0 Å². The van der Waals surface area contributed by atoms with Crippen LogP contribution >= 0.6 is 0 Å². The first-order valence-corrected chi connectivity index (χ1v) is 9.97. The van der Waals surface area contributed by atoms with Gasteiger partial charge < -0.3 is 19.2 Å². The summed E-state index contributed by atoms with van der Waals surface area (Å²) in [5.41, 5.74) is 3.44. The number of hydrogen-bond acceptors (Lipinski definition) is 5. The molecule has 0 radical (unpaired) electrons. The van der Waals surface area contributed by atoms with E-state index in [0.717, 1.165) is 27.5 Å². The van der Waals surface area contributed by atoms with Crippen molar-refractivity contribution in [3.8, 4) is 5.75 Å². The molecule has 0 aliphatic heterocycles. The number of hydrogen-bond donors (Lipinski definition) is 2. The highest BCUT2D eigenvalue weighted by Gasteiger charge is 2.18. The molecule has 2 N–H and O–H groups in total. The Morgan fingerprint density at radius 3 is 2.61 bits per heavy atom. The van der Waals surface area contributed by atoms with Crippen LogP contribution in [0.25, 0.3) is 21.9 Å². The summed E-state index contributed by atoms with van der Waals surface area (Å²) < 4.78 is 11.1. The second-order valence-corrected chi connectivity index (χ2v) is 7.39. The predicted molar refractivity (Wildman–Crippen MR) is 115 cm³/mol. The first kappa shape index (κ1) is 20.4. The van der Waals surface area contributed by atoms with Gasteiger partial charge in [-0.05, 0) is 43.2 Å². The number of aryl methyl sites for hydroxylation is 1. The zero-order chi connectivity index (χ0) is 22.0. The Bertz CT molecular complexity index is 1350. The minimum absolute atomic E-state index is 0.0192. The van der Waals surface area contributed by atoms with Crippen molar-refractivity contribution in [3.05, 3.63) is 75.8 Å². The second-order valence-electron chi connectivity index (χ2n) is 7.39. The predicted octanol–water partition coefficient (Wildman–Crippen LogP) is 4.33. The average molecular weight is 419 g/mol. The molecule has 158 valence electrons. The van der Waals surface area contributed by atoms with Gasteiger partial charge >= 0.3 is 17.6 Å². The van der Waals surface area contributed by atoms with Crippen molar-refractivity contribution in [2.24, 2.45) is 0 Å². The van der Waals surface area contributed by atoms with E-state index in [1.54, 1.807) is 18.2 Å². The molecule has 0 fully saturated rings. The number of carboxylic acids is 1. The van der Waals surface area contributed by atoms with Gasteiger partial charge in [0.2, 0.25) is 0 Å². The highest BCUT2D eigenvalue weighted by atomic mass is 16.5. The first-order valence-electron chi connectivity index (χ1n) is 9.97. The number of benzene rings is 2. The molecule has 0 saturated carbocycles. The topological polar surface area (TPSA) is 110 Å². The van der Waals surface area contributed by atoms with Gasteiger partial charge in [-0.2, -0.15) is 0 Å². The van der Waals surface area contributed by atoms with Crippen molar-refractivity contribution in [1.82, 2.24) is 4.98 Å². The molecule has 0 bridgehead atoms. The van der Waals surface area contributed by atoms with Gasteiger partial charge in [0.25, 0.3) is 0 Å². The monoisotopic (exact) mass is 419 g/mol. The fraction of sp³-hybridized carbons (Fsp3) is 0.208. The molecule has 0 atom stereocenters. The van der Waals surface area contributed by atoms with E-state index in [1.165, 1.54) is 6.07 Å². The Morgan fingerprint density at radius 1 is 1.03 bits per heavy atom. The van der Waals surface area contributed by atoms with Crippen LogP contribution in [0.15, 0.2) is 57.7 Å². The molecule has 2 aromatic carbocycles. The zero-order valence-corrected chi connectivity index (χ0v) is 16.9. The van der Waals surface area contributed by atoms with Crippen LogP contribution in [-0.4, -0.2) is 22.0 Å². The quantitative estimate of drug-likeness (QED) is 0.262. The van der Waals surface area contributed by atoms with Crippen LogP contribution in [0.5, 0.6) is 5.75 Å². The van der Waals surface area contributed by atoms with Gasteiger partial charge in [0, 0.05) is 52.9 Å². The van der Waals surface area contributed by atoms with Crippen LogP contribution in [0.3, 0.4) is 0 Å². The molecule has 2 aromatic heterocycles. The smallest absolute Gasteiger partial charge is 0.336 e. The number of H-pyrrole nitrogens is 1. The molecule has 2 heterocycles. The lowest BCUT2D eigenvalue weighted by atomic mass is 9.99. The van der Waals surface area contributed by atoms with E-state index >= 15 is 0 Å². The first-order chi connectivity index (χ1) is 14.9. The number of nitrogens with one attached hydrogen (secondary N) is 1. The number of aromatic amines is 1. The highest BCUT2D eigenvalue weighted by molar-refractivity contribution is 5.88. The second kappa shape index (κ2) is 8.47. The number of carboxylic acid groups (broad SMARTS) is 1. The molecule has 0 unspecified atom stereocenters. The standard InChI is InChI=1S/C24H21NO6/c1-14-17(16-5-2-3-6-19(16)25-14)13-18-20(30-22(28)8-4-7-21(26)27)11-9-15-10-12-23(29)31-24(15)18/h2-3,5-6,9-12,25H,4,7-8,13H2,1H3,(H,26,27). The maximum absolute atomic E-state index is 12.3. The van der Waals surface area contributed by atoms with Crippen molar-refractivity contribution < 1.29 is 23.8 Å². The molecule has 4 rings (SSSR count). The molecule has 0 spiro atoms. The Morgan fingerprint density at radius 2 is 1.81 bits per heavy atom. The molecule has 0 saturated heterocycles. The number of fused-ring (bicyclic) bond motifs is 2. The zero-order valence-electron chi connectivity index (χ0n) is 16.9. The van der Waals surface area contributed by atoms with Gasteiger partial charge in [-0.25, -0.2) is 4.79 Å². The normalized spacial score (nSPS) is 11.1. The van der Waals surface area contributed by atoms with Gasteiger partial charge in [0.15, 0.2) is 0 Å². The molecule has 4 aromatic rings. The summed E-state index contributed by atoms with van der Waals surface area (Å²) in [5, 5.41) is 10.5. The molecular weight excluding hydrogens is 398 g/mol. The van der Waals surface area contributed by atoms with E-state index in [-0.39, 0.29) is 19.3 Å². The van der Waals surface area contributed by atoms with Gasteiger partial charge in [-0.3, -0.25) is 9.59 Å². The summed E-state index contributed by atoms with van der Waals surface area (Å²) in [6.45, 7) is 1.97. The largest absolute Gasteiger partial charge is 0.481 e. The van der Waals surface area contributed by atoms with E-state index < -0.39 is 17.6 Å². The van der Waals surface area contributed by atoms with E-state index in [0.29, 0.717) is 23.3 Å². The van der Waals surface area contributed by atoms with Crippen molar-refractivity contribution in [2.45, 2.75) is 32.6 Å². The average Bonchev–Trinajstić information content (AvgIpc) is 3.04. The minimum Gasteiger partial charge on any atom is -0.481 e. The highest BCUT2D eigenvalue weighted by Crippen LogP contribution is 2.33. The fourth-order valence-corrected chi connectivity index (χ4v) is 3.73. The summed E-state index contributed by atoms with van der Waals surface area (Å²) >= 11 is 0. The molecule has 31 heavy (non-hydrogen) atoms. The van der Waals surface area contributed by atoms with Crippen LogP contribution < -0.4 is 10.4 Å². The number of aromatic nitrogens is 1. The third-order valence-corrected chi connectivity index (χ3v) is 5.23. The van der Waals surface area contributed by atoms with Gasteiger partial charge in [-0.1, -0.05) is 18.2 Å². The lowest BCUT2D eigenvalue weighted by molar-refractivity contribution is -0.137. The van der Waals surface area contributed by atoms with Crippen molar-refractivity contribution >= 4 is 33.8 Å². The molecule has 0 aliphatic carbocycles. The van der Waals surface area contributed by atoms with E-state index in [9.17, 15) is 14.4 Å². The number of aliphatic carboxylic acids is 1. The summed E-state index contributed by atoms with van der Waals surface area (Å²) in [4.78, 5) is 38.3. The molecule has 7 nitrogen and oxygen atoms in total. The molecule has 0 aliphatic rings. The number of ether oxygens (including phenoxy) is 1. The Kier molecular flexibility index (Phi) is 5.58. The Balaban J connectivity index is 1.76. The lowest BCUT2D eigenvalue weighted by Crippen LogP contribution is -2.11. The summed E-state index contributed by atoms with van der Waals surface area (Å²) in [5.74, 6) is -1.20. The molecule has 7 heteroatoms. The molecular formula is C24H21NO6. The third-order valence-electron chi connectivity index (χ3n) is 5.23. The minimum atomic E-state index is -0.962. The van der Waals surface area contributed by atoms with Crippen molar-refractivity contribution in [1.29, 1.82) is 0 Å². The Labute approximate surface area is 177 Å². The number of para-hydroxylation sites is 1. The maximum atomic E-state index is 12.3. The van der Waals surface area contributed by atoms with E-state index in [4.69, 9.17) is 14.3 Å². The lowest BCUT2D eigenvalue weighted by Gasteiger charge is -2.12. The van der Waals surface area contributed by atoms with Crippen LogP contribution in [0, 0.1) is 6.92 Å². The number of carbonyl (C=O) groups excluding carboxylic acids is 1. The molecule has 0 amide bonds. The van der Waals surface area contributed by atoms with Crippen LogP contribution in [0.4, 0.5) is 0 Å². The van der Waals surface area contributed by atoms with Gasteiger partial charge in [0.1, 0.15) is 11.3 Å². The number of rotatable bonds is 7. The number of esters is 1.